The van der Waals surface area contributed by atoms with Gasteiger partial charge in [0.05, 0.1) is 17.8 Å². The molecule has 3 amide bonds. The van der Waals surface area contributed by atoms with Crippen molar-refractivity contribution in [2.75, 3.05) is 6.54 Å². The van der Waals surface area contributed by atoms with Crippen LogP contribution >= 0.6 is 0 Å². The molecule has 0 unspecified atom stereocenters. The second-order valence-corrected chi connectivity index (χ2v) is 9.16. The molecule has 0 spiro atoms. The Hall–Kier alpha value is -3.20. The van der Waals surface area contributed by atoms with E-state index in [2.05, 4.69) is 15.6 Å². The maximum absolute atomic E-state index is 13.2. The first-order chi connectivity index (χ1) is 16.1. The highest BCUT2D eigenvalue weighted by Crippen LogP contribution is 2.26. The predicted molar refractivity (Wildman–Crippen MR) is 126 cm³/mol. The van der Waals surface area contributed by atoms with E-state index in [4.69, 9.17) is 4.42 Å². The van der Waals surface area contributed by atoms with E-state index in [1.54, 1.807) is 6.92 Å². The topological polar surface area (TPSA) is 125 Å². The van der Waals surface area contributed by atoms with Gasteiger partial charge in [-0.1, -0.05) is 45.0 Å². The number of β-amino-alcohol motifs (C(OH)–C–C–N with tert-alkyl or cyclic N) is 1. The summed E-state index contributed by atoms with van der Waals surface area (Å²) in [4.78, 5) is 43.8. The van der Waals surface area contributed by atoms with Crippen LogP contribution < -0.4 is 10.6 Å². The van der Waals surface area contributed by atoms with Crippen LogP contribution in [0, 0.1) is 12.8 Å². The summed E-state index contributed by atoms with van der Waals surface area (Å²) in [6, 6.07) is 5.76. The molecule has 9 heteroatoms. The fourth-order valence-electron chi connectivity index (χ4n) is 4.17. The maximum atomic E-state index is 13.2. The zero-order valence-corrected chi connectivity index (χ0v) is 20.4. The Kier molecular flexibility index (Phi) is 8.09. The van der Waals surface area contributed by atoms with Crippen LogP contribution in [0.3, 0.4) is 0 Å². The van der Waals surface area contributed by atoms with Gasteiger partial charge in [-0.3, -0.25) is 14.4 Å². The SMILES string of the molecule is CCC(=O)N[C@H](C(=O)N1C[C@H](O)C[C@H]1C(=O)N[C@@H](C)c1ccc(-c2ocnc2C)cc1)C(C)C. The molecule has 2 aromatic rings. The molecule has 2 heterocycles. The van der Waals surface area contributed by atoms with Crippen molar-refractivity contribution in [3.8, 4) is 11.3 Å². The molecule has 0 aliphatic carbocycles. The van der Waals surface area contributed by atoms with Gasteiger partial charge < -0.3 is 25.1 Å². The molecule has 1 aromatic heterocycles. The average Bonchev–Trinajstić information content (AvgIpc) is 3.42. The summed E-state index contributed by atoms with van der Waals surface area (Å²) in [5.41, 5.74) is 2.58. The molecule has 3 rings (SSSR count). The number of carbonyl (C=O) groups excluding carboxylic acids is 3. The van der Waals surface area contributed by atoms with Crippen molar-refractivity contribution in [3.05, 3.63) is 41.9 Å². The minimum atomic E-state index is -0.805. The molecular weight excluding hydrogens is 436 g/mol. The van der Waals surface area contributed by atoms with Crippen molar-refractivity contribution in [1.82, 2.24) is 20.5 Å². The lowest BCUT2D eigenvalue weighted by molar-refractivity contribution is -0.142. The number of oxazole rings is 1. The van der Waals surface area contributed by atoms with E-state index in [9.17, 15) is 19.5 Å². The molecule has 9 nitrogen and oxygen atoms in total. The number of rotatable bonds is 8. The molecule has 3 N–H and O–H groups in total. The minimum absolute atomic E-state index is 0.0573. The first kappa shape index (κ1) is 25.4. The number of hydrogen-bond acceptors (Lipinski definition) is 6. The van der Waals surface area contributed by atoms with E-state index in [1.165, 1.54) is 11.3 Å². The van der Waals surface area contributed by atoms with Crippen molar-refractivity contribution in [3.63, 3.8) is 0 Å². The zero-order chi connectivity index (χ0) is 25.0. The highest BCUT2D eigenvalue weighted by Gasteiger charge is 2.42. The number of nitrogens with one attached hydrogen (secondary N) is 2. The largest absolute Gasteiger partial charge is 0.443 e. The minimum Gasteiger partial charge on any atom is -0.443 e. The number of aliphatic hydroxyl groups excluding tert-OH is 1. The Morgan fingerprint density at radius 2 is 1.85 bits per heavy atom. The second kappa shape index (κ2) is 10.8. The van der Waals surface area contributed by atoms with Crippen molar-refractivity contribution >= 4 is 17.7 Å². The molecular formula is C25H34N4O5. The van der Waals surface area contributed by atoms with E-state index in [0.717, 1.165) is 16.8 Å². The number of benzene rings is 1. The lowest BCUT2D eigenvalue weighted by atomic mass is 10.0. The van der Waals surface area contributed by atoms with Crippen molar-refractivity contribution in [2.45, 2.75) is 71.7 Å². The number of nitrogens with zero attached hydrogens (tertiary/aromatic N) is 2. The number of aliphatic hydroxyl groups is 1. The molecule has 4 atom stereocenters. The van der Waals surface area contributed by atoms with Gasteiger partial charge in [0.15, 0.2) is 12.2 Å². The predicted octanol–water partition coefficient (Wildman–Crippen LogP) is 2.34. The van der Waals surface area contributed by atoms with Gasteiger partial charge in [0.2, 0.25) is 17.7 Å². The smallest absolute Gasteiger partial charge is 0.246 e. The first-order valence-electron chi connectivity index (χ1n) is 11.7. The number of aryl methyl sites for hydroxylation is 1. The second-order valence-electron chi connectivity index (χ2n) is 9.16. The lowest BCUT2D eigenvalue weighted by Gasteiger charge is -2.31. The Balaban J connectivity index is 1.70. The van der Waals surface area contributed by atoms with Gasteiger partial charge in [-0.05, 0) is 25.3 Å². The van der Waals surface area contributed by atoms with Crippen LogP contribution in [0.4, 0.5) is 0 Å². The van der Waals surface area contributed by atoms with E-state index < -0.39 is 18.2 Å². The molecule has 1 fully saturated rings. The van der Waals surface area contributed by atoms with E-state index in [0.29, 0.717) is 5.76 Å². The Morgan fingerprint density at radius 1 is 1.18 bits per heavy atom. The summed E-state index contributed by atoms with van der Waals surface area (Å²) in [7, 11) is 0. The molecule has 1 aliphatic rings. The number of aromatic nitrogens is 1. The normalized spacial score (nSPS) is 19.7. The van der Waals surface area contributed by atoms with Crippen LogP contribution in [0.5, 0.6) is 0 Å². The fraction of sp³-hybridized carbons (Fsp3) is 0.520. The quantitative estimate of drug-likeness (QED) is 0.544. The number of amides is 3. The fourth-order valence-corrected chi connectivity index (χ4v) is 4.17. The molecule has 184 valence electrons. The molecule has 0 radical (unpaired) electrons. The van der Waals surface area contributed by atoms with Gasteiger partial charge in [-0.25, -0.2) is 4.98 Å². The van der Waals surface area contributed by atoms with Gasteiger partial charge in [0, 0.05) is 24.9 Å². The van der Waals surface area contributed by atoms with Gasteiger partial charge in [0.1, 0.15) is 12.1 Å². The number of hydrogen-bond donors (Lipinski definition) is 3. The Bertz CT molecular complexity index is 1020. The van der Waals surface area contributed by atoms with Crippen LogP contribution in [0.2, 0.25) is 0 Å². The number of carbonyl (C=O) groups is 3. The highest BCUT2D eigenvalue weighted by molar-refractivity contribution is 5.93. The molecule has 1 aliphatic heterocycles. The molecule has 1 aromatic carbocycles. The van der Waals surface area contributed by atoms with E-state index in [-0.39, 0.29) is 49.1 Å². The van der Waals surface area contributed by atoms with Crippen molar-refractivity contribution in [1.29, 1.82) is 0 Å². The van der Waals surface area contributed by atoms with Crippen LogP contribution in [0.1, 0.15) is 57.8 Å². The highest BCUT2D eigenvalue weighted by atomic mass is 16.3. The molecule has 34 heavy (non-hydrogen) atoms. The average molecular weight is 471 g/mol. The summed E-state index contributed by atoms with van der Waals surface area (Å²) in [6.07, 6.45) is 1.02. The van der Waals surface area contributed by atoms with Crippen LogP contribution in [-0.2, 0) is 14.4 Å². The molecule has 0 saturated carbocycles. The summed E-state index contributed by atoms with van der Waals surface area (Å²) in [5, 5.41) is 15.9. The third-order valence-electron chi connectivity index (χ3n) is 6.21. The summed E-state index contributed by atoms with van der Waals surface area (Å²) in [5.74, 6) is -0.378. The summed E-state index contributed by atoms with van der Waals surface area (Å²) in [6.45, 7) is 9.19. The van der Waals surface area contributed by atoms with Gasteiger partial charge in [-0.2, -0.15) is 0 Å². The van der Waals surface area contributed by atoms with Gasteiger partial charge in [0.25, 0.3) is 0 Å². The Morgan fingerprint density at radius 3 is 2.41 bits per heavy atom. The number of likely N-dealkylation sites (tertiary alicyclic amines) is 1. The van der Waals surface area contributed by atoms with Crippen LogP contribution in [0.25, 0.3) is 11.3 Å². The van der Waals surface area contributed by atoms with Gasteiger partial charge in [-0.15, -0.1) is 0 Å². The monoisotopic (exact) mass is 470 g/mol. The molecule has 1 saturated heterocycles. The Labute approximate surface area is 199 Å². The van der Waals surface area contributed by atoms with Crippen LogP contribution in [-0.4, -0.2) is 57.4 Å². The van der Waals surface area contributed by atoms with Crippen molar-refractivity contribution < 1.29 is 23.9 Å². The van der Waals surface area contributed by atoms with E-state index >= 15 is 0 Å². The first-order valence-corrected chi connectivity index (χ1v) is 11.7. The van der Waals surface area contributed by atoms with Crippen LogP contribution in [0.15, 0.2) is 35.1 Å². The van der Waals surface area contributed by atoms with E-state index in [1.807, 2.05) is 52.0 Å². The maximum Gasteiger partial charge on any atom is 0.246 e. The van der Waals surface area contributed by atoms with Gasteiger partial charge >= 0.3 is 0 Å². The standard InChI is InChI=1S/C25H34N4O5/c1-6-21(31)28-22(14(2)3)25(33)29-12-19(30)11-20(29)24(32)27-15(4)17-7-9-18(10-8-17)23-16(5)26-13-34-23/h7-10,13-15,19-20,22,30H,6,11-12H2,1-5H3,(H,27,32)(H,28,31)/t15-,19+,20-,22-/m0/s1. The zero-order valence-electron chi connectivity index (χ0n) is 20.4. The van der Waals surface area contributed by atoms with Crippen molar-refractivity contribution in [2.24, 2.45) is 5.92 Å². The molecule has 0 bridgehead atoms. The third kappa shape index (κ3) is 5.64. The summed E-state index contributed by atoms with van der Waals surface area (Å²) < 4.78 is 5.43. The third-order valence-corrected chi connectivity index (χ3v) is 6.21. The summed E-state index contributed by atoms with van der Waals surface area (Å²) >= 11 is 0. The lowest BCUT2D eigenvalue weighted by Crippen LogP contribution is -2.55.